The number of ether oxygens (including phenoxy) is 2. The Kier molecular flexibility index (Phi) is 6.99. The third kappa shape index (κ3) is 6.18. The highest BCUT2D eigenvalue weighted by Crippen LogP contribution is 2.19. The molecule has 1 aromatic rings. The summed E-state index contributed by atoms with van der Waals surface area (Å²) in [5.41, 5.74) is 1.20. The lowest BCUT2D eigenvalue weighted by Gasteiger charge is -2.20. The van der Waals surface area contributed by atoms with Crippen molar-refractivity contribution in [2.24, 2.45) is 11.8 Å². The van der Waals surface area contributed by atoms with Crippen LogP contribution < -0.4 is 0 Å². The molecule has 0 aliphatic rings. The molecular weight excluding hydrogens is 224 g/mol. The SMILES string of the molecule is CC(C)COC[C@@H](OCC(C)C)c1ccccc1. The molecule has 0 aromatic heterocycles. The minimum Gasteiger partial charge on any atom is -0.378 e. The molecule has 18 heavy (non-hydrogen) atoms. The zero-order valence-corrected chi connectivity index (χ0v) is 12.1. The molecule has 0 saturated heterocycles. The maximum atomic E-state index is 5.95. The van der Waals surface area contributed by atoms with Gasteiger partial charge in [0.1, 0.15) is 6.10 Å². The van der Waals surface area contributed by atoms with E-state index in [4.69, 9.17) is 9.47 Å². The Bertz CT molecular complexity index is 306. The zero-order chi connectivity index (χ0) is 13.4. The number of hydrogen-bond donors (Lipinski definition) is 0. The summed E-state index contributed by atoms with van der Waals surface area (Å²) < 4.78 is 11.7. The van der Waals surface area contributed by atoms with Gasteiger partial charge in [-0.2, -0.15) is 0 Å². The molecule has 0 N–H and O–H groups in total. The minimum atomic E-state index is 0.0485. The van der Waals surface area contributed by atoms with Crippen LogP contribution in [-0.4, -0.2) is 19.8 Å². The summed E-state index contributed by atoms with van der Waals surface area (Å²) in [6, 6.07) is 10.3. The Morgan fingerprint density at radius 1 is 0.833 bits per heavy atom. The zero-order valence-electron chi connectivity index (χ0n) is 12.1. The molecule has 0 amide bonds. The van der Waals surface area contributed by atoms with Crippen molar-refractivity contribution in [2.45, 2.75) is 33.8 Å². The average molecular weight is 250 g/mol. The van der Waals surface area contributed by atoms with Crippen molar-refractivity contribution in [2.75, 3.05) is 19.8 Å². The van der Waals surface area contributed by atoms with E-state index in [-0.39, 0.29) is 6.10 Å². The predicted molar refractivity (Wildman–Crippen MR) is 75.6 cm³/mol. The third-order valence-electron chi connectivity index (χ3n) is 2.52. The molecule has 0 aliphatic heterocycles. The second kappa shape index (κ2) is 8.28. The smallest absolute Gasteiger partial charge is 0.106 e. The monoisotopic (exact) mass is 250 g/mol. The van der Waals surface area contributed by atoms with Crippen LogP contribution in [0.1, 0.15) is 39.4 Å². The second-order valence-corrected chi connectivity index (χ2v) is 5.56. The first-order valence-electron chi connectivity index (χ1n) is 6.84. The van der Waals surface area contributed by atoms with E-state index in [1.165, 1.54) is 5.56 Å². The number of benzene rings is 1. The molecule has 2 nitrogen and oxygen atoms in total. The summed E-state index contributed by atoms with van der Waals surface area (Å²) in [7, 11) is 0. The number of rotatable bonds is 8. The Morgan fingerprint density at radius 2 is 1.44 bits per heavy atom. The Labute approximate surface area is 111 Å². The van der Waals surface area contributed by atoms with Gasteiger partial charge in [0.05, 0.1) is 6.61 Å². The van der Waals surface area contributed by atoms with Crippen LogP contribution in [0.2, 0.25) is 0 Å². The molecule has 0 unspecified atom stereocenters. The molecule has 0 saturated carbocycles. The van der Waals surface area contributed by atoms with Crippen LogP contribution in [-0.2, 0) is 9.47 Å². The standard InChI is InChI=1S/C16H26O2/c1-13(2)10-17-12-16(18-11-14(3)4)15-8-6-5-7-9-15/h5-9,13-14,16H,10-12H2,1-4H3/t16-/m1/s1. The van der Waals surface area contributed by atoms with E-state index in [0.29, 0.717) is 18.4 Å². The van der Waals surface area contributed by atoms with Gasteiger partial charge >= 0.3 is 0 Å². The molecule has 0 heterocycles. The molecule has 1 rings (SSSR count). The molecule has 1 aromatic carbocycles. The maximum Gasteiger partial charge on any atom is 0.106 e. The lowest BCUT2D eigenvalue weighted by Crippen LogP contribution is -2.16. The van der Waals surface area contributed by atoms with Gasteiger partial charge in [0.25, 0.3) is 0 Å². The molecule has 1 atom stereocenters. The van der Waals surface area contributed by atoms with E-state index in [1.54, 1.807) is 0 Å². The highest BCUT2D eigenvalue weighted by molar-refractivity contribution is 5.17. The van der Waals surface area contributed by atoms with Crippen molar-refractivity contribution in [1.29, 1.82) is 0 Å². The van der Waals surface area contributed by atoms with Crippen molar-refractivity contribution >= 4 is 0 Å². The molecular formula is C16H26O2. The van der Waals surface area contributed by atoms with Crippen LogP contribution in [0.4, 0.5) is 0 Å². The molecule has 0 spiro atoms. The molecule has 0 aliphatic carbocycles. The molecule has 0 fully saturated rings. The van der Waals surface area contributed by atoms with Crippen LogP contribution in [0.5, 0.6) is 0 Å². The van der Waals surface area contributed by atoms with Crippen molar-refractivity contribution in [3.05, 3.63) is 35.9 Å². The van der Waals surface area contributed by atoms with Crippen LogP contribution in [0.3, 0.4) is 0 Å². The molecule has 0 radical (unpaired) electrons. The fraction of sp³-hybridized carbons (Fsp3) is 0.625. The molecule has 0 bridgehead atoms. The van der Waals surface area contributed by atoms with Crippen LogP contribution in [0.25, 0.3) is 0 Å². The minimum absolute atomic E-state index is 0.0485. The van der Waals surface area contributed by atoms with Crippen molar-refractivity contribution < 1.29 is 9.47 Å². The van der Waals surface area contributed by atoms with Gasteiger partial charge in [0.2, 0.25) is 0 Å². The third-order valence-corrected chi connectivity index (χ3v) is 2.52. The summed E-state index contributed by atoms with van der Waals surface area (Å²) in [4.78, 5) is 0. The van der Waals surface area contributed by atoms with E-state index in [1.807, 2.05) is 18.2 Å². The normalized spacial score (nSPS) is 13.2. The summed E-state index contributed by atoms with van der Waals surface area (Å²) in [5, 5.41) is 0. The predicted octanol–water partition coefficient (Wildman–Crippen LogP) is 4.07. The lowest BCUT2D eigenvalue weighted by atomic mass is 10.1. The lowest BCUT2D eigenvalue weighted by molar-refractivity contribution is -0.0326. The van der Waals surface area contributed by atoms with Gasteiger partial charge in [0.15, 0.2) is 0 Å². The fourth-order valence-corrected chi connectivity index (χ4v) is 1.63. The van der Waals surface area contributed by atoms with E-state index in [2.05, 4.69) is 39.8 Å². The van der Waals surface area contributed by atoms with Crippen molar-refractivity contribution in [3.63, 3.8) is 0 Å². The van der Waals surface area contributed by atoms with E-state index in [0.717, 1.165) is 13.2 Å². The highest BCUT2D eigenvalue weighted by atomic mass is 16.5. The first-order chi connectivity index (χ1) is 8.59. The fourth-order valence-electron chi connectivity index (χ4n) is 1.63. The van der Waals surface area contributed by atoms with Crippen molar-refractivity contribution in [1.82, 2.24) is 0 Å². The van der Waals surface area contributed by atoms with Gasteiger partial charge in [-0.05, 0) is 17.4 Å². The van der Waals surface area contributed by atoms with Gasteiger partial charge in [-0.1, -0.05) is 58.0 Å². The van der Waals surface area contributed by atoms with Crippen LogP contribution in [0, 0.1) is 11.8 Å². The first-order valence-corrected chi connectivity index (χ1v) is 6.84. The Morgan fingerprint density at radius 3 is 2.00 bits per heavy atom. The van der Waals surface area contributed by atoms with Crippen molar-refractivity contribution in [3.8, 4) is 0 Å². The quantitative estimate of drug-likeness (QED) is 0.692. The van der Waals surface area contributed by atoms with E-state index < -0.39 is 0 Å². The highest BCUT2D eigenvalue weighted by Gasteiger charge is 2.13. The Balaban J connectivity index is 2.52. The van der Waals surface area contributed by atoms with E-state index >= 15 is 0 Å². The van der Waals surface area contributed by atoms with Gasteiger partial charge in [-0.3, -0.25) is 0 Å². The van der Waals surface area contributed by atoms with Gasteiger partial charge in [-0.25, -0.2) is 0 Å². The largest absolute Gasteiger partial charge is 0.378 e. The van der Waals surface area contributed by atoms with Gasteiger partial charge in [0, 0.05) is 13.2 Å². The average Bonchev–Trinajstić information content (AvgIpc) is 2.34. The van der Waals surface area contributed by atoms with Gasteiger partial charge < -0.3 is 9.47 Å². The topological polar surface area (TPSA) is 18.5 Å². The summed E-state index contributed by atoms with van der Waals surface area (Å²) in [5.74, 6) is 1.10. The van der Waals surface area contributed by atoms with Gasteiger partial charge in [-0.15, -0.1) is 0 Å². The van der Waals surface area contributed by atoms with Crippen LogP contribution >= 0.6 is 0 Å². The van der Waals surface area contributed by atoms with E-state index in [9.17, 15) is 0 Å². The Hall–Kier alpha value is -0.860. The summed E-state index contributed by atoms with van der Waals surface area (Å²) in [6.45, 7) is 10.8. The maximum absolute atomic E-state index is 5.95. The number of hydrogen-bond acceptors (Lipinski definition) is 2. The summed E-state index contributed by atoms with van der Waals surface area (Å²) in [6.07, 6.45) is 0.0485. The summed E-state index contributed by atoms with van der Waals surface area (Å²) >= 11 is 0. The second-order valence-electron chi connectivity index (χ2n) is 5.56. The first kappa shape index (κ1) is 15.2. The molecule has 102 valence electrons. The van der Waals surface area contributed by atoms with Crippen LogP contribution in [0.15, 0.2) is 30.3 Å². The molecule has 2 heteroatoms.